The van der Waals surface area contributed by atoms with E-state index in [2.05, 4.69) is 5.32 Å². The van der Waals surface area contributed by atoms with Crippen molar-refractivity contribution in [2.75, 3.05) is 13.2 Å². The lowest BCUT2D eigenvalue weighted by atomic mass is 9.80. The summed E-state index contributed by atoms with van der Waals surface area (Å²) in [4.78, 5) is 28.0. The smallest absolute Gasteiger partial charge is 0.325 e. The first-order chi connectivity index (χ1) is 13.4. The summed E-state index contributed by atoms with van der Waals surface area (Å²) >= 11 is 1.62. The van der Waals surface area contributed by atoms with Crippen molar-refractivity contribution in [2.24, 2.45) is 0 Å². The summed E-state index contributed by atoms with van der Waals surface area (Å²) < 4.78 is 5.67. The second-order valence-electron chi connectivity index (χ2n) is 7.65. The fourth-order valence-corrected chi connectivity index (χ4v) is 5.18. The number of hydrogen-bond donors (Lipinski definition) is 2. The topological polar surface area (TPSA) is 78.9 Å². The molecule has 6 nitrogen and oxygen atoms in total. The van der Waals surface area contributed by atoms with Crippen LogP contribution in [0.15, 0.2) is 29.6 Å². The normalized spacial score (nSPS) is 22.3. The Balaban J connectivity index is 1.44. The predicted molar refractivity (Wildman–Crippen MR) is 107 cm³/mol. The number of amides is 3. The van der Waals surface area contributed by atoms with Gasteiger partial charge in [-0.25, -0.2) is 4.79 Å². The number of thiophene rings is 1. The number of nitrogens with zero attached hydrogens (tertiary/aromatic N) is 1. The SMILES string of the molecule is Cc1cc(C)cc(OC[C@@H](O)CN2C(=O)N[C@]3(CCCc4sccc43)C2=O)c1. The highest BCUT2D eigenvalue weighted by Gasteiger charge is 2.54. The van der Waals surface area contributed by atoms with Gasteiger partial charge >= 0.3 is 6.03 Å². The van der Waals surface area contributed by atoms with E-state index in [1.807, 2.05) is 43.5 Å². The number of urea groups is 1. The van der Waals surface area contributed by atoms with E-state index >= 15 is 0 Å². The van der Waals surface area contributed by atoms with Crippen LogP contribution in [0, 0.1) is 13.8 Å². The Morgan fingerprint density at radius 2 is 2.04 bits per heavy atom. The van der Waals surface area contributed by atoms with Crippen molar-refractivity contribution in [1.29, 1.82) is 0 Å². The molecule has 0 saturated carbocycles. The van der Waals surface area contributed by atoms with Gasteiger partial charge in [-0.1, -0.05) is 6.07 Å². The van der Waals surface area contributed by atoms with E-state index in [-0.39, 0.29) is 19.1 Å². The van der Waals surface area contributed by atoms with Crippen LogP contribution in [0.2, 0.25) is 0 Å². The van der Waals surface area contributed by atoms with Gasteiger partial charge in [-0.05, 0) is 67.8 Å². The van der Waals surface area contributed by atoms with Crippen molar-refractivity contribution in [2.45, 2.75) is 44.8 Å². The van der Waals surface area contributed by atoms with Gasteiger partial charge in [0.05, 0.1) is 6.54 Å². The maximum atomic E-state index is 13.1. The van der Waals surface area contributed by atoms with E-state index in [4.69, 9.17) is 4.74 Å². The lowest BCUT2D eigenvalue weighted by molar-refractivity contribution is -0.133. The zero-order valence-corrected chi connectivity index (χ0v) is 16.8. The summed E-state index contributed by atoms with van der Waals surface area (Å²) in [6.07, 6.45) is 1.42. The fraction of sp³-hybridized carbons (Fsp3) is 0.429. The summed E-state index contributed by atoms with van der Waals surface area (Å²) in [5.74, 6) is 0.391. The third-order valence-corrected chi connectivity index (χ3v) is 6.35. The van der Waals surface area contributed by atoms with Gasteiger partial charge < -0.3 is 15.2 Å². The van der Waals surface area contributed by atoms with E-state index in [0.717, 1.165) is 39.3 Å². The number of aryl methyl sites for hydroxylation is 3. The van der Waals surface area contributed by atoms with Gasteiger partial charge in [-0.15, -0.1) is 11.3 Å². The van der Waals surface area contributed by atoms with Gasteiger partial charge in [0.1, 0.15) is 24.0 Å². The highest BCUT2D eigenvalue weighted by Crippen LogP contribution is 2.42. The van der Waals surface area contributed by atoms with Crippen molar-refractivity contribution in [3.8, 4) is 5.75 Å². The Labute approximate surface area is 168 Å². The number of imide groups is 1. The van der Waals surface area contributed by atoms with Crippen LogP contribution in [-0.2, 0) is 16.8 Å². The quantitative estimate of drug-likeness (QED) is 0.757. The number of fused-ring (bicyclic) bond motifs is 2. The van der Waals surface area contributed by atoms with Crippen molar-refractivity contribution >= 4 is 23.3 Å². The number of carbonyl (C=O) groups excluding carboxylic acids is 2. The first-order valence-corrected chi connectivity index (χ1v) is 10.4. The highest BCUT2D eigenvalue weighted by molar-refractivity contribution is 7.10. The minimum Gasteiger partial charge on any atom is -0.491 e. The molecular weight excluding hydrogens is 376 g/mol. The standard InChI is InChI=1S/C21H24N2O4S/c1-13-8-14(2)10-16(9-13)27-12-15(24)11-23-19(25)21(22-20(23)26)6-3-4-18-17(21)5-7-28-18/h5,7-10,15,24H,3-4,6,11-12H2,1-2H3,(H,22,26)/t15-,21-/m0/s1. The van der Waals surface area contributed by atoms with Gasteiger partial charge in [0.2, 0.25) is 0 Å². The van der Waals surface area contributed by atoms with Crippen LogP contribution < -0.4 is 10.1 Å². The van der Waals surface area contributed by atoms with Crippen LogP contribution >= 0.6 is 11.3 Å². The Kier molecular flexibility index (Phi) is 4.89. The first kappa shape index (κ1) is 19.0. The van der Waals surface area contributed by atoms with E-state index < -0.39 is 17.7 Å². The monoisotopic (exact) mass is 400 g/mol. The summed E-state index contributed by atoms with van der Waals surface area (Å²) in [6.45, 7) is 3.88. The molecule has 0 bridgehead atoms. The van der Waals surface area contributed by atoms with Gasteiger partial charge in [0, 0.05) is 10.4 Å². The molecule has 1 saturated heterocycles. The van der Waals surface area contributed by atoms with Crippen LogP contribution in [0.5, 0.6) is 5.75 Å². The predicted octanol–water partition coefficient (Wildman–Crippen LogP) is 2.89. The average Bonchev–Trinajstić information content (AvgIpc) is 3.20. The molecule has 1 spiro atoms. The Hall–Kier alpha value is -2.38. The van der Waals surface area contributed by atoms with Crippen molar-refractivity contribution in [3.63, 3.8) is 0 Å². The van der Waals surface area contributed by atoms with Gasteiger partial charge in [0.15, 0.2) is 0 Å². The van der Waals surface area contributed by atoms with Crippen LogP contribution in [-0.4, -0.2) is 41.2 Å². The van der Waals surface area contributed by atoms with Gasteiger partial charge in [-0.3, -0.25) is 9.69 Å². The molecule has 2 heterocycles. The second kappa shape index (κ2) is 7.22. The molecule has 0 radical (unpaired) electrons. The lowest BCUT2D eigenvalue weighted by Crippen LogP contribution is -2.46. The molecule has 1 aliphatic heterocycles. The number of nitrogens with one attached hydrogen (secondary N) is 1. The van der Waals surface area contributed by atoms with Crippen molar-refractivity contribution < 1.29 is 19.4 Å². The average molecular weight is 401 g/mol. The third kappa shape index (κ3) is 3.29. The number of benzene rings is 1. The number of hydrogen-bond acceptors (Lipinski definition) is 5. The van der Waals surface area contributed by atoms with Gasteiger partial charge in [-0.2, -0.15) is 0 Å². The van der Waals surface area contributed by atoms with Crippen LogP contribution in [0.4, 0.5) is 4.79 Å². The second-order valence-corrected chi connectivity index (χ2v) is 8.65. The molecule has 2 aliphatic rings. The molecule has 28 heavy (non-hydrogen) atoms. The van der Waals surface area contributed by atoms with Crippen LogP contribution in [0.1, 0.15) is 34.4 Å². The molecule has 2 atom stereocenters. The summed E-state index contributed by atoms with van der Waals surface area (Å²) in [6, 6.07) is 7.30. The largest absolute Gasteiger partial charge is 0.491 e. The molecule has 2 aromatic rings. The van der Waals surface area contributed by atoms with E-state index in [0.29, 0.717) is 12.2 Å². The first-order valence-electron chi connectivity index (χ1n) is 9.49. The number of aliphatic hydroxyl groups excluding tert-OH is 1. The zero-order valence-electron chi connectivity index (χ0n) is 16.0. The minimum absolute atomic E-state index is 0.0106. The van der Waals surface area contributed by atoms with Crippen molar-refractivity contribution in [3.05, 3.63) is 51.2 Å². The fourth-order valence-electron chi connectivity index (χ4n) is 4.18. The number of rotatable bonds is 5. The summed E-state index contributed by atoms with van der Waals surface area (Å²) in [7, 11) is 0. The van der Waals surface area contributed by atoms with Crippen LogP contribution in [0.25, 0.3) is 0 Å². The maximum Gasteiger partial charge on any atom is 0.325 e. The minimum atomic E-state index is -0.973. The molecule has 7 heteroatoms. The molecule has 1 aliphatic carbocycles. The Bertz CT molecular complexity index is 905. The third-order valence-electron chi connectivity index (χ3n) is 5.37. The number of aliphatic hydroxyl groups is 1. The number of carbonyl (C=O) groups is 2. The van der Waals surface area contributed by atoms with E-state index in [1.54, 1.807) is 11.3 Å². The highest BCUT2D eigenvalue weighted by atomic mass is 32.1. The maximum absolute atomic E-state index is 13.1. The lowest BCUT2D eigenvalue weighted by Gasteiger charge is -2.31. The Morgan fingerprint density at radius 3 is 2.79 bits per heavy atom. The molecular formula is C21H24N2O4S. The number of β-amino-alcohol motifs (C(OH)–C–C–N with tert-alkyl or cyclic N) is 1. The number of ether oxygens (including phenoxy) is 1. The van der Waals surface area contributed by atoms with Crippen molar-refractivity contribution in [1.82, 2.24) is 10.2 Å². The molecule has 2 N–H and O–H groups in total. The molecule has 148 valence electrons. The van der Waals surface area contributed by atoms with E-state index in [9.17, 15) is 14.7 Å². The van der Waals surface area contributed by atoms with E-state index in [1.165, 1.54) is 0 Å². The molecule has 3 amide bonds. The molecule has 4 rings (SSSR count). The molecule has 1 aromatic carbocycles. The zero-order chi connectivity index (χ0) is 19.9. The Morgan fingerprint density at radius 1 is 1.29 bits per heavy atom. The summed E-state index contributed by atoms with van der Waals surface area (Å²) in [5, 5.41) is 15.3. The van der Waals surface area contributed by atoms with Crippen LogP contribution in [0.3, 0.4) is 0 Å². The van der Waals surface area contributed by atoms with Gasteiger partial charge in [0.25, 0.3) is 5.91 Å². The summed E-state index contributed by atoms with van der Waals surface area (Å²) in [5.41, 5.74) is 2.08. The molecule has 0 unspecified atom stereocenters. The molecule has 1 aromatic heterocycles. The molecule has 1 fully saturated rings.